The molecule has 1 aromatic carbocycles. The van der Waals surface area contributed by atoms with E-state index in [0.29, 0.717) is 5.92 Å². The second kappa shape index (κ2) is 6.15. The summed E-state index contributed by atoms with van der Waals surface area (Å²) in [6.07, 6.45) is 1.26. The molecule has 0 aliphatic heterocycles. The van der Waals surface area contributed by atoms with Gasteiger partial charge in [0, 0.05) is 0 Å². The van der Waals surface area contributed by atoms with Crippen LogP contribution in [0.3, 0.4) is 0 Å². The van der Waals surface area contributed by atoms with Crippen LogP contribution in [-0.2, 0) is 0 Å². The zero-order chi connectivity index (χ0) is 15.9. The Morgan fingerprint density at radius 1 is 0.905 bits per heavy atom. The summed E-state index contributed by atoms with van der Waals surface area (Å²) < 4.78 is 0. The Balaban J connectivity index is 2.40. The highest BCUT2D eigenvalue weighted by molar-refractivity contribution is 5.42. The number of aryl methyl sites for hydroxylation is 2. The molecule has 1 aliphatic carbocycles. The van der Waals surface area contributed by atoms with Crippen molar-refractivity contribution in [2.24, 2.45) is 23.7 Å². The molecule has 2 rings (SSSR count). The monoisotopic (exact) mass is 286 g/mol. The van der Waals surface area contributed by atoms with E-state index in [2.05, 4.69) is 67.5 Å². The highest BCUT2D eigenvalue weighted by Gasteiger charge is 2.43. The molecular formula is C21H34. The molecule has 0 spiro atoms. The van der Waals surface area contributed by atoms with Gasteiger partial charge in [-0.3, -0.25) is 0 Å². The highest BCUT2D eigenvalue weighted by Crippen LogP contribution is 2.52. The quantitative estimate of drug-likeness (QED) is 0.596. The number of hydrogen-bond acceptors (Lipinski definition) is 0. The lowest BCUT2D eigenvalue weighted by atomic mass is 9.56. The topological polar surface area (TPSA) is 0 Å². The first-order valence-corrected chi connectivity index (χ1v) is 8.90. The second-order valence-corrected chi connectivity index (χ2v) is 7.84. The first-order valence-electron chi connectivity index (χ1n) is 8.90. The summed E-state index contributed by atoms with van der Waals surface area (Å²) in [7, 11) is 0. The molecule has 0 aromatic heterocycles. The van der Waals surface area contributed by atoms with Crippen LogP contribution in [0.2, 0.25) is 0 Å². The standard InChI is InChI=1S/C21H34/c1-9-12(2)15(5)19-11-20(14(4)10-13(19)3)21-17(7)16(6)18(21)8/h10-12,15-18,21H,9H2,1-8H3. The van der Waals surface area contributed by atoms with Gasteiger partial charge in [-0.1, -0.05) is 60.1 Å². The summed E-state index contributed by atoms with van der Waals surface area (Å²) in [4.78, 5) is 0. The van der Waals surface area contributed by atoms with Crippen molar-refractivity contribution in [3.8, 4) is 0 Å². The lowest BCUT2D eigenvalue weighted by Gasteiger charge is -2.49. The van der Waals surface area contributed by atoms with Crippen LogP contribution in [0.1, 0.15) is 82.1 Å². The van der Waals surface area contributed by atoms with Gasteiger partial charge in [-0.15, -0.1) is 0 Å². The summed E-state index contributed by atoms with van der Waals surface area (Å²) >= 11 is 0. The Labute approximate surface area is 132 Å². The van der Waals surface area contributed by atoms with E-state index >= 15 is 0 Å². The molecule has 0 saturated heterocycles. The average Bonchev–Trinajstić information content (AvgIpc) is 2.47. The van der Waals surface area contributed by atoms with E-state index in [1.54, 1.807) is 11.1 Å². The molecule has 4 atom stereocenters. The minimum atomic E-state index is 0.664. The van der Waals surface area contributed by atoms with Gasteiger partial charge in [0.05, 0.1) is 0 Å². The first kappa shape index (κ1) is 16.6. The van der Waals surface area contributed by atoms with E-state index in [4.69, 9.17) is 0 Å². The second-order valence-electron chi connectivity index (χ2n) is 7.84. The maximum absolute atomic E-state index is 2.56. The predicted molar refractivity (Wildman–Crippen MR) is 94.0 cm³/mol. The average molecular weight is 287 g/mol. The number of rotatable bonds is 4. The zero-order valence-electron chi connectivity index (χ0n) is 15.3. The molecular weight excluding hydrogens is 252 g/mol. The Morgan fingerprint density at radius 3 is 2.00 bits per heavy atom. The van der Waals surface area contributed by atoms with Crippen LogP contribution < -0.4 is 0 Å². The van der Waals surface area contributed by atoms with E-state index in [9.17, 15) is 0 Å². The van der Waals surface area contributed by atoms with Gasteiger partial charge in [0.1, 0.15) is 0 Å². The van der Waals surface area contributed by atoms with Crippen molar-refractivity contribution in [3.05, 3.63) is 34.4 Å². The van der Waals surface area contributed by atoms with Gasteiger partial charge in [0.15, 0.2) is 0 Å². The molecule has 1 saturated carbocycles. The molecule has 0 heterocycles. The van der Waals surface area contributed by atoms with Crippen molar-refractivity contribution in [2.45, 2.75) is 73.6 Å². The van der Waals surface area contributed by atoms with Gasteiger partial charge in [-0.2, -0.15) is 0 Å². The van der Waals surface area contributed by atoms with Crippen LogP contribution in [0, 0.1) is 37.5 Å². The van der Waals surface area contributed by atoms with Crippen molar-refractivity contribution in [3.63, 3.8) is 0 Å². The van der Waals surface area contributed by atoms with Crippen LogP contribution in [-0.4, -0.2) is 0 Å². The van der Waals surface area contributed by atoms with Crippen LogP contribution in [0.15, 0.2) is 12.1 Å². The third kappa shape index (κ3) is 2.79. The number of hydrogen-bond donors (Lipinski definition) is 0. The number of benzene rings is 1. The fraction of sp³-hybridized carbons (Fsp3) is 0.714. The first-order chi connectivity index (χ1) is 9.79. The molecule has 1 aromatic rings. The van der Waals surface area contributed by atoms with E-state index in [-0.39, 0.29) is 0 Å². The Hall–Kier alpha value is -0.780. The van der Waals surface area contributed by atoms with Gasteiger partial charge in [0.2, 0.25) is 0 Å². The van der Waals surface area contributed by atoms with Gasteiger partial charge in [0.25, 0.3) is 0 Å². The third-order valence-corrected chi connectivity index (χ3v) is 6.79. The summed E-state index contributed by atoms with van der Waals surface area (Å²) in [6, 6.07) is 5.00. The fourth-order valence-electron chi connectivity index (χ4n) is 4.43. The third-order valence-electron chi connectivity index (χ3n) is 6.79. The zero-order valence-corrected chi connectivity index (χ0v) is 15.3. The summed E-state index contributed by atoms with van der Waals surface area (Å²) in [5.41, 5.74) is 6.20. The smallest absolute Gasteiger partial charge is 0.0103 e. The van der Waals surface area contributed by atoms with Crippen LogP contribution in [0.4, 0.5) is 0 Å². The van der Waals surface area contributed by atoms with Crippen LogP contribution in [0.25, 0.3) is 0 Å². The molecule has 4 unspecified atom stereocenters. The van der Waals surface area contributed by atoms with E-state index in [0.717, 1.165) is 29.6 Å². The van der Waals surface area contributed by atoms with Gasteiger partial charge < -0.3 is 0 Å². The maximum atomic E-state index is 2.56. The van der Waals surface area contributed by atoms with E-state index in [1.807, 2.05) is 0 Å². The molecule has 0 heteroatoms. The highest BCUT2D eigenvalue weighted by atomic mass is 14.5. The van der Waals surface area contributed by atoms with Crippen LogP contribution >= 0.6 is 0 Å². The SMILES string of the molecule is CCC(C)C(C)c1cc(C2C(C)C(C)C2C)c(C)cc1C. The Bertz CT molecular complexity index is 489. The Kier molecular flexibility index (Phi) is 4.85. The Morgan fingerprint density at radius 2 is 1.48 bits per heavy atom. The molecule has 0 N–H and O–H groups in total. The van der Waals surface area contributed by atoms with E-state index in [1.165, 1.54) is 17.5 Å². The minimum absolute atomic E-state index is 0.664. The molecule has 0 amide bonds. The van der Waals surface area contributed by atoms with Gasteiger partial charge in [-0.05, 0) is 71.6 Å². The van der Waals surface area contributed by atoms with Crippen molar-refractivity contribution < 1.29 is 0 Å². The molecule has 0 radical (unpaired) electrons. The molecule has 1 aliphatic rings. The lowest BCUT2D eigenvalue weighted by molar-refractivity contribution is 0.0751. The summed E-state index contributed by atoms with van der Waals surface area (Å²) in [5.74, 6) is 4.71. The van der Waals surface area contributed by atoms with Crippen molar-refractivity contribution >= 4 is 0 Å². The van der Waals surface area contributed by atoms with Crippen LogP contribution in [0.5, 0.6) is 0 Å². The largest absolute Gasteiger partial charge is 0.0651 e. The van der Waals surface area contributed by atoms with Gasteiger partial charge in [-0.25, -0.2) is 0 Å². The lowest BCUT2D eigenvalue weighted by Crippen LogP contribution is -2.40. The molecule has 0 bridgehead atoms. The predicted octanol–water partition coefficient (Wildman–Crippen LogP) is 6.46. The van der Waals surface area contributed by atoms with Gasteiger partial charge >= 0.3 is 0 Å². The van der Waals surface area contributed by atoms with Crippen molar-refractivity contribution in [1.29, 1.82) is 0 Å². The molecule has 21 heavy (non-hydrogen) atoms. The fourth-order valence-corrected chi connectivity index (χ4v) is 4.43. The summed E-state index contributed by atoms with van der Waals surface area (Å²) in [6.45, 7) is 19.0. The maximum Gasteiger partial charge on any atom is -0.0103 e. The summed E-state index contributed by atoms with van der Waals surface area (Å²) in [5, 5.41) is 0. The molecule has 118 valence electrons. The van der Waals surface area contributed by atoms with Crippen molar-refractivity contribution in [1.82, 2.24) is 0 Å². The minimum Gasteiger partial charge on any atom is -0.0651 e. The van der Waals surface area contributed by atoms with E-state index < -0.39 is 0 Å². The normalized spacial score (nSPS) is 31.6. The molecule has 1 fully saturated rings. The van der Waals surface area contributed by atoms with Crippen molar-refractivity contribution in [2.75, 3.05) is 0 Å². The molecule has 0 nitrogen and oxygen atoms in total.